The molecule has 0 saturated carbocycles. The van der Waals surface area contributed by atoms with Crippen molar-refractivity contribution in [1.29, 1.82) is 0 Å². The monoisotopic (exact) mass is 415 g/mol. The summed E-state index contributed by atoms with van der Waals surface area (Å²) in [4.78, 5) is 14.4. The van der Waals surface area contributed by atoms with Gasteiger partial charge in [0.2, 0.25) is 0 Å². The van der Waals surface area contributed by atoms with Crippen LogP contribution in [0.3, 0.4) is 0 Å². The van der Waals surface area contributed by atoms with E-state index in [1.807, 2.05) is 37.3 Å². The van der Waals surface area contributed by atoms with Crippen LogP contribution < -0.4 is 20.1 Å². The van der Waals surface area contributed by atoms with Gasteiger partial charge in [-0.05, 0) is 49.1 Å². The van der Waals surface area contributed by atoms with E-state index in [9.17, 15) is 9.18 Å². The van der Waals surface area contributed by atoms with Crippen LogP contribution in [0.15, 0.2) is 42.5 Å². The van der Waals surface area contributed by atoms with Crippen molar-refractivity contribution in [3.05, 3.63) is 59.4 Å². The fourth-order valence-electron chi connectivity index (χ4n) is 3.58. The van der Waals surface area contributed by atoms with Gasteiger partial charge in [0.15, 0.2) is 11.6 Å². The molecule has 162 valence electrons. The Hall–Kier alpha value is -2.80. The molecule has 0 aliphatic carbocycles. The highest BCUT2D eigenvalue weighted by atomic mass is 19.1. The molecule has 30 heavy (non-hydrogen) atoms. The highest BCUT2D eigenvalue weighted by molar-refractivity contribution is 5.74. The van der Waals surface area contributed by atoms with Gasteiger partial charge in [-0.15, -0.1) is 0 Å². The quantitative estimate of drug-likeness (QED) is 0.648. The Morgan fingerprint density at radius 2 is 1.93 bits per heavy atom. The van der Waals surface area contributed by atoms with Crippen molar-refractivity contribution in [3.8, 4) is 11.5 Å². The lowest BCUT2D eigenvalue weighted by Gasteiger charge is -2.32. The van der Waals surface area contributed by atoms with Gasteiger partial charge in [-0.3, -0.25) is 4.90 Å². The molecule has 0 aromatic heterocycles. The Bertz CT molecular complexity index is 838. The fourth-order valence-corrected chi connectivity index (χ4v) is 3.58. The minimum Gasteiger partial charge on any atom is -0.494 e. The van der Waals surface area contributed by atoms with Crippen LogP contribution in [0, 0.1) is 12.7 Å². The first-order valence-electron chi connectivity index (χ1n) is 10.3. The number of halogens is 1. The van der Waals surface area contributed by atoms with Crippen molar-refractivity contribution in [1.82, 2.24) is 15.5 Å². The first-order chi connectivity index (χ1) is 14.5. The van der Waals surface area contributed by atoms with Gasteiger partial charge in [0, 0.05) is 25.7 Å². The van der Waals surface area contributed by atoms with Crippen LogP contribution in [-0.2, 0) is 6.54 Å². The van der Waals surface area contributed by atoms with Crippen LogP contribution in [0.4, 0.5) is 9.18 Å². The molecule has 2 aromatic rings. The Morgan fingerprint density at radius 1 is 1.17 bits per heavy atom. The fraction of sp³-hybridized carbons (Fsp3) is 0.435. The molecule has 7 heteroatoms. The van der Waals surface area contributed by atoms with Gasteiger partial charge in [-0.2, -0.15) is 0 Å². The summed E-state index contributed by atoms with van der Waals surface area (Å²) in [5.41, 5.74) is 2.00. The average molecular weight is 416 g/mol. The number of nitrogens with one attached hydrogen (secondary N) is 2. The second-order valence-electron chi connectivity index (χ2n) is 7.53. The van der Waals surface area contributed by atoms with Gasteiger partial charge < -0.3 is 20.1 Å². The summed E-state index contributed by atoms with van der Waals surface area (Å²) < 4.78 is 24.5. The van der Waals surface area contributed by atoms with Crippen LogP contribution in [0.25, 0.3) is 0 Å². The highest BCUT2D eigenvalue weighted by Crippen LogP contribution is 2.20. The van der Waals surface area contributed by atoms with Crippen LogP contribution >= 0.6 is 0 Å². The van der Waals surface area contributed by atoms with Gasteiger partial charge >= 0.3 is 6.03 Å². The standard InChI is InChI=1S/C23H30FN3O3/c1-17-5-3-4-6-21(17)30-14-11-25-23(28)26-19-9-12-27(13-10-19)16-18-7-8-22(29-2)20(24)15-18/h3-8,15,19H,9-14,16H2,1-2H3,(H2,25,26,28). The SMILES string of the molecule is COc1ccc(CN2CCC(NC(=O)NCCOc3ccccc3C)CC2)cc1F. The van der Waals surface area contributed by atoms with E-state index in [2.05, 4.69) is 15.5 Å². The molecule has 0 atom stereocenters. The predicted octanol–water partition coefficient (Wildman–Crippen LogP) is 3.49. The molecule has 1 aliphatic heterocycles. The van der Waals surface area contributed by atoms with E-state index in [1.54, 1.807) is 6.07 Å². The summed E-state index contributed by atoms with van der Waals surface area (Å²) in [5, 5.41) is 5.87. The van der Waals surface area contributed by atoms with Crippen LogP contribution in [-0.4, -0.2) is 50.3 Å². The summed E-state index contributed by atoms with van der Waals surface area (Å²) in [6.07, 6.45) is 1.73. The molecule has 1 aliphatic rings. The second kappa shape index (κ2) is 10.8. The smallest absolute Gasteiger partial charge is 0.315 e. The van der Waals surface area contributed by atoms with Crippen molar-refractivity contribution in [2.24, 2.45) is 0 Å². The number of ether oxygens (including phenoxy) is 2. The van der Waals surface area contributed by atoms with E-state index in [4.69, 9.17) is 9.47 Å². The summed E-state index contributed by atoms with van der Waals surface area (Å²) in [6.45, 7) is 5.27. The first-order valence-corrected chi connectivity index (χ1v) is 10.3. The number of likely N-dealkylation sites (tertiary alicyclic amines) is 1. The van der Waals surface area contributed by atoms with E-state index in [1.165, 1.54) is 13.2 Å². The number of aryl methyl sites for hydroxylation is 1. The molecule has 1 saturated heterocycles. The lowest BCUT2D eigenvalue weighted by Crippen LogP contribution is -2.48. The molecule has 2 amide bonds. The summed E-state index contributed by atoms with van der Waals surface area (Å²) in [6, 6.07) is 12.9. The second-order valence-corrected chi connectivity index (χ2v) is 7.53. The molecule has 2 N–H and O–H groups in total. The third-order valence-corrected chi connectivity index (χ3v) is 5.28. The number of benzene rings is 2. The number of hydrogen-bond acceptors (Lipinski definition) is 4. The number of piperidine rings is 1. The number of urea groups is 1. The highest BCUT2D eigenvalue weighted by Gasteiger charge is 2.21. The van der Waals surface area contributed by atoms with Gasteiger partial charge in [-0.1, -0.05) is 24.3 Å². The number of hydrogen-bond donors (Lipinski definition) is 2. The minimum absolute atomic E-state index is 0.145. The van der Waals surface area contributed by atoms with E-state index in [0.29, 0.717) is 19.7 Å². The number of para-hydroxylation sites is 1. The minimum atomic E-state index is -0.338. The Balaban J connectivity index is 1.32. The number of amides is 2. The zero-order valence-electron chi connectivity index (χ0n) is 17.6. The largest absolute Gasteiger partial charge is 0.494 e. The molecular weight excluding hydrogens is 385 g/mol. The maximum atomic E-state index is 13.8. The Morgan fingerprint density at radius 3 is 2.63 bits per heavy atom. The first kappa shape index (κ1) is 21.9. The summed E-state index contributed by atoms with van der Waals surface area (Å²) in [5.74, 6) is 0.760. The normalized spacial score (nSPS) is 14.9. The Kier molecular flexibility index (Phi) is 7.90. The third kappa shape index (κ3) is 6.35. The van der Waals surface area contributed by atoms with Crippen molar-refractivity contribution in [3.63, 3.8) is 0 Å². The topological polar surface area (TPSA) is 62.8 Å². The Labute approximate surface area is 177 Å². The zero-order valence-corrected chi connectivity index (χ0v) is 17.6. The van der Waals surface area contributed by atoms with Gasteiger partial charge in [-0.25, -0.2) is 9.18 Å². The molecule has 0 bridgehead atoms. The summed E-state index contributed by atoms with van der Waals surface area (Å²) >= 11 is 0. The van der Waals surface area contributed by atoms with E-state index in [0.717, 1.165) is 42.8 Å². The molecule has 3 rings (SSSR count). The molecule has 6 nitrogen and oxygen atoms in total. The predicted molar refractivity (Wildman–Crippen MR) is 114 cm³/mol. The number of methoxy groups -OCH3 is 1. The lowest BCUT2D eigenvalue weighted by molar-refractivity contribution is 0.185. The van der Waals surface area contributed by atoms with Crippen molar-refractivity contribution in [2.45, 2.75) is 32.4 Å². The molecular formula is C23H30FN3O3. The third-order valence-electron chi connectivity index (χ3n) is 5.28. The van der Waals surface area contributed by atoms with Crippen molar-refractivity contribution >= 4 is 6.03 Å². The van der Waals surface area contributed by atoms with Crippen LogP contribution in [0.1, 0.15) is 24.0 Å². The molecule has 1 heterocycles. The van der Waals surface area contributed by atoms with Crippen LogP contribution in [0.5, 0.6) is 11.5 Å². The van der Waals surface area contributed by atoms with Crippen molar-refractivity contribution < 1.29 is 18.7 Å². The number of rotatable bonds is 8. The van der Waals surface area contributed by atoms with Gasteiger partial charge in [0.05, 0.1) is 13.7 Å². The van der Waals surface area contributed by atoms with E-state index in [-0.39, 0.29) is 23.6 Å². The molecule has 0 spiro atoms. The number of carbonyl (C=O) groups is 1. The van der Waals surface area contributed by atoms with Gasteiger partial charge in [0.1, 0.15) is 12.4 Å². The van der Waals surface area contributed by atoms with E-state index < -0.39 is 0 Å². The van der Waals surface area contributed by atoms with E-state index >= 15 is 0 Å². The van der Waals surface area contributed by atoms with Gasteiger partial charge in [0.25, 0.3) is 0 Å². The van der Waals surface area contributed by atoms with Crippen molar-refractivity contribution in [2.75, 3.05) is 33.4 Å². The number of carbonyl (C=O) groups excluding carboxylic acids is 1. The maximum Gasteiger partial charge on any atom is 0.315 e. The molecule has 0 radical (unpaired) electrons. The summed E-state index contributed by atoms with van der Waals surface area (Å²) in [7, 11) is 1.46. The molecule has 0 unspecified atom stereocenters. The average Bonchev–Trinajstić information content (AvgIpc) is 2.74. The number of nitrogens with zero attached hydrogens (tertiary/aromatic N) is 1. The molecule has 1 fully saturated rings. The lowest BCUT2D eigenvalue weighted by atomic mass is 10.0. The van der Waals surface area contributed by atoms with Crippen LogP contribution in [0.2, 0.25) is 0 Å². The maximum absolute atomic E-state index is 13.8. The zero-order chi connectivity index (χ0) is 21.3. The molecule has 2 aromatic carbocycles.